The zero-order chi connectivity index (χ0) is 19.8. The van der Waals surface area contributed by atoms with E-state index >= 15 is 0 Å². The molecule has 1 fully saturated rings. The summed E-state index contributed by atoms with van der Waals surface area (Å²) < 4.78 is 5.28. The van der Waals surface area contributed by atoms with Gasteiger partial charge >= 0.3 is 0 Å². The molecule has 1 heterocycles. The third-order valence-electron chi connectivity index (χ3n) is 5.21. The normalized spacial score (nSPS) is 14.2. The summed E-state index contributed by atoms with van der Waals surface area (Å²) in [7, 11) is 3.66. The Morgan fingerprint density at radius 2 is 1.79 bits per heavy atom. The number of ether oxygens (including phenoxy) is 1. The number of para-hydroxylation sites is 2. The van der Waals surface area contributed by atoms with Gasteiger partial charge in [-0.2, -0.15) is 0 Å². The van der Waals surface area contributed by atoms with Crippen molar-refractivity contribution in [3.63, 3.8) is 0 Å². The average Bonchev–Trinajstić information content (AvgIpc) is 2.74. The van der Waals surface area contributed by atoms with Crippen molar-refractivity contribution < 1.29 is 9.53 Å². The second-order valence-corrected chi connectivity index (χ2v) is 7.45. The minimum atomic E-state index is -0.00297. The SMILES string of the molecule is COc1ccccc1NC(=O)CCN(C)Cc1ccc(N2CCCCC2)cc1. The summed E-state index contributed by atoms with van der Waals surface area (Å²) in [5.74, 6) is 0.676. The maximum absolute atomic E-state index is 12.3. The third kappa shape index (κ3) is 5.73. The quantitative estimate of drug-likeness (QED) is 0.746. The van der Waals surface area contributed by atoms with E-state index in [2.05, 4.69) is 46.4 Å². The van der Waals surface area contributed by atoms with Crippen LogP contribution in [0.2, 0.25) is 0 Å². The average molecular weight is 382 g/mol. The van der Waals surface area contributed by atoms with E-state index in [-0.39, 0.29) is 5.91 Å². The maximum Gasteiger partial charge on any atom is 0.225 e. The van der Waals surface area contributed by atoms with Crippen molar-refractivity contribution in [2.45, 2.75) is 32.2 Å². The number of carbonyl (C=O) groups is 1. The van der Waals surface area contributed by atoms with E-state index in [4.69, 9.17) is 4.74 Å². The summed E-state index contributed by atoms with van der Waals surface area (Å²) in [6.45, 7) is 3.87. The van der Waals surface area contributed by atoms with Crippen LogP contribution in [0.4, 0.5) is 11.4 Å². The van der Waals surface area contributed by atoms with Crippen LogP contribution >= 0.6 is 0 Å². The number of amides is 1. The van der Waals surface area contributed by atoms with E-state index in [9.17, 15) is 4.79 Å². The van der Waals surface area contributed by atoms with Crippen LogP contribution in [-0.2, 0) is 11.3 Å². The molecule has 1 amide bonds. The number of anilines is 2. The summed E-state index contributed by atoms with van der Waals surface area (Å²) in [6.07, 6.45) is 4.38. The van der Waals surface area contributed by atoms with Gasteiger partial charge in [-0.3, -0.25) is 4.79 Å². The molecule has 0 atom stereocenters. The number of nitrogens with one attached hydrogen (secondary N) is 1. The van der Waals surface area contributed by atoms with Crippen molar-refractivity contribution in [3.05, 3.63) is 54.1 Å². The van der Waals surface area contributed by atoms with Gasteiger partial charge in [-0.25, -0.2) is 0 Å². The van der Waals surface area contributed by atoms with Crippen molar-refractivity contribution in [1.29, 1.82) is 0 Å². The van der Waals surface area contributed by atoms with Gasteiger partial charge in [0.1, 0.15) is 5.75 Å². The Hall–Kier alpha value is -2.53. The molecule has 1 aliphatic rings. The molecule has 5 heteroatoms. The fraction of sp³-hybridized carbons (Fsp3) is 0.435. The number of hydrogen-bond donors (Lipinski definition) is 1. The van der Waals surface area contributed by atoms with Crippen molar-refractivity contribution >= 4 is 17.3 Å². The minimum absolute atomic E-state index is 0.00297. The standard InChI is InChI=1S/C23H31N3O2/c1-25(17-14-23(27)24-21-8-4-5-9-22(21)28-2)18-19-10-12-20(13-11-19)26-15-6-3-7-16-26/h4-5,8-13H,3,6-7,14-18H2,1-2H3,(H,24,27). The Morgan fingerprint density at radius 3 is 2.50 bits per heavy atom. The molecule has 0 saturated carbocycles. The van der Waals surface area contributed by atoms with Gasteiger partial charge < -0.3 is 19.9 Å². The van der Waals surface area contributed by atoms with E-state index in [0.29, 0.717) is 24.4 Å². The molecule has 1 N–H and O–H groups in total. The maximum atomic E-state index is 12.3. The number of nitrogens with zero attached hydrogens (tertiary/aromatic N) is 2. The topological polar surface area (TPSA) is 44.8 Å². The highest BCUT2D eigenvalue weighted by Crippen LogP contribution is 2.23. The fourth-order valence-electron chi connectivity index (χ4n) is 3.61. The molecule has 0 radical (unpaired) electrons. The molecule has 5 nitrogen and oxygen atoms in total. The Labute approximate surface area is 168 Å². The van der Waals surface area contributed by atoms with Crippen LogP contribution in [0.5, 0.6) is 5.75 Å². The largest absolute Gasteiger partial charge is 0.495 e. The molecule has 3 rings (SSSR count). The number of piperidine rings is 1. The van der Waals surface area contributed by atoms with Crippen molar-refractivity contribution in [2.75, 3.05) is 44.0 Å². The second kappa shape index (κ2) is 10.1. The van der Waals surface area contributed by atoms with Crippen LogP contribution < -0.4 is 15.0 Å². The molecule has 2 aromatic rings. The molecule has 1 aliphatic heterocycles. The molecule has 1 saturated heterocycles. The van der Waals surface area contributed by atoms with Crippen LogP contribution in [0.25, 0.3) is 0 Å². The van der Waals surface area contributed by atoms with Gasteiger partial charge in [0.25, 0.3) is 0 Å². The molecular formula is C23H31N3O2. The first kappa shape index (κ1) is 20.2. The first-order valence-corrected chi connectivity index (χ1v) is 10.1. The predicted molar refractivity (Wildman–Crippen MR) is 115 cm³/mol. The summed E-state index contributed by atoms with van der Waals surface area (Å²) >= 11 is 0. The van der Waals surface area contributed by atoms with Gasteiger partial charge in [0.15, 0.2) is 0 Å². The highest BCUT2D eigenvalue weighted by atomic mass is 16.5. The van der Waals surface area contributed by atoms with Crippen LogP contribution in [-0.4, -0.2) is 44.6 Å². The first-order chi connectivity index (χ1) is 13.7. The molecule has 2 aromatic carbocycles. The van der Waals surface area contributed by atoms with Crippen LogP contribution in [0.3, 0.4) is 0 Å². The molecular weight excluding hydrogens is 350 g/mol. The Kier molecular flexibility index (Phi) is 7.31. The third-order valence-corrected chi connectivity index (χ3v) is 5.21. The number of benzene rings is 2. The second-order valence-electron chi connectivity index (χ2n) is 7.45. The fourth-order valence-corrected chi connectivity index (χ4v) is 3.61. The van der Waals surface area contributed by atoms with Crippen LogP contribution in [0.15, 0.2) is 48.5 Å². The number of carbonyl (C=O) groups excluding carboxylic acids is 1. The Balaban J connectivity index is 1.44. The monoisotopic (exact) mass is 381 g/mol. The van der Waals surface area contributed by atoms with Gasteiger partial charge in [0.05, 0.1) is 12.8 Å². The highest BCUT2D eigenvalue weighted by Gasteiger charge is 2.11. The first-order valence-electron chi connectivity index (χ1n) is 10.1. The molecule has 0 spiro atoms. The van der Waals surface area contributed by atoms with Crippen molar-refractivity contribution in [2.24, 2.45) is 0 Å². The lowest BCUT2D eigenvalue weighted by Crippen LogP contribution is -2.29. The van der Waals surface area contributed by atoms with E-state index < -0.39 is 0 Å². The van der Waals surface area contributed by atoms with Gasteiger partial charge in [0.2, 0.25) is 5.91 Å². The van der Waals surface area contributed by atoms with Crippen molar-refractivity contribution in [1.82, 2.24) is 4.90 Å². The summed E-state index contributed by atoms with van der Waals surface area (Å²) in [5, 5.41) is 2.93. The molecule has 150 valence electrons. The zero-order valence-electron chi connectivity index (χ0n) is 17.0. The smallest absolute Gasteiger partial charge is 0.225 e. The lowest BCUT2D eigenvalue weighted by atomic mass is 10.1. The molecule has 28 heavy (non-hydrogen) atoms. The highest BCUT2D eigenvalue weighted by molar-refractivity contribution is 5.92. The van der Waals surface area contributed by atoms with Crippen molar-refractivity contribution in [3.8, 4) is 5.75 Å². The molecule has 0 bridgehead atoms. The summed E-state index contributed by atoms with van der Waals surface area (Å²) in [6, 6.07) is 16.3. The summed E-state index contributed by atoms with van der Waals surface area (Å²) in [5.41, 5.74) is 3.31. The molecule has 0 aromatic heterocycles. The molecule has 0 aliphatic carbocycles. The Morgan fingerprint density at radius 1 is 1.07 bits per heavy atom. The van der Waals surface area contributed by atoms with Gasteiger partial charge in [-0.05, 0) is 56.1 Å². The van der Waals surface area contributed by atoms with E-state index in [1.54, 1.807) is 7.11 Å². The lowest BCUT2D eigenvalue weighted by molar-refractivity contribution is -0.116. The predicted octanol–water partition coefficient (Wildman–Crippen LogP) is 4.15. The van der Waals surface area contributed by atoms with Gasteiger partial charge in [-0.15, -0.1) is 0 Å². The van der Waals surface area contributed by atoms with E-state index in [0.717, 1.165) is 6.54 Å². The van der Waals surface area contributed by atoms with Crippen LogP contribution in [0.1, 0.15) is 31.2 Å². The Bertz CT molecular complexity index is 755. The zero-order valence-corrected chi connectivity index (χ0v) is 17.0. The molecule has 0 unspecified atom stereocenters. The lowest BCUT2D eigenvalue weighted by Gasteiger charge is -2.29. The number of methoxy groups -OCH3 is 1. The van der Waals surface area contributed by atoms with Crippen LogP contribution in [0, 0.1) is 0 Å². The number of rotatable bonds is 8. The number of hydrogen-bond acceptors (Lipinski definition) is 4. The van der Waals surface area contributed by atoms with Gasteiger partial charge in [0, 0.05) is 38.3 Å². The minimum Gasteiger partial charge on any atom is -0.495 e. The summed E-state index contributed by atoms with van der Waals surface area (Å²) in [4.78, 5) is 16.9. The van der Waals surface area contributed by atoms with E-state index in [1.165, 1.54) is 43.6 Å². The van der Waals surface area contributed by atoms with Gasteiger partial charge in [-0.1, -0.05) is 24.3 Å². The van der Waals surface area contributed by atoms with E-state index in [1.807, 2.05) is 24.3 Å².